The molecule has 176 valence electrons. The molecule has 0 aliphatic carbocycles. The van der Waals surface area contributed by atoms with Gasteiger partial charge in [-0.15, -0.1) is 0 Å². The summed E-state index contributed by atoms with van der Waals surface area (Å²) in [4.78, 5) is 30.5. The molecule has 0 spiro atoms. The summed E-state index contributed by atoms with van der Waals surface area (Å²) < 4.78 is 8.57. The number of fused-ring (bicyclic) bond motifs is 3. The minimum Gasteiger partial charge on any atom is -0.496 e. The van der Waals surface area contributed by atoms with Crippen LogP contribution in [0.15, 0.2) is 47.3 Å². The molecular formula is C26H29N5O3. The average molecular weight is 460 g/mol. The Kier molecular flexibility index (Phi) is 5.51. The summed E-state index contributed by atoms with van der Waals surface area (Å²) in [6.07, 6.45) is 0. The van der Waals surface area contributed by atoms with E-state index >= 15 is 0 Å². The lowest BCUT2D eigenvalue weighted by atomic mass is 10.1. The molecule has 1 saturated heterocycles. The normalized spacial score (nSPS) is 14.2. The first kappa shape index (κ1) is 22.0. The van der Waals surface area contributed by atoms with Crippen LogP contribution in [0.5, 0.6) is 5.75 Å². The smallest absolute Gasteiger partial charge is 0.291 e. The maximum absolute atomic E-state index is 13.2. The van der Waals surface area contributed by atoms with Crippen molar-refractivity contribution in [1.29, 1.82) is 0 Å². The fourth-order valence-corrected chi connectivity index (χ4v) is 4.88. The highest BCUT2D eigenvalue weighted by molar-refractivity contribution is 5.92. The van der Waals surface area contributed by atoms with Crippen LogP contribution in [-0.2, 0) is 11.3 Å². The quantitative estimate of drug-likeness (QED) is 0.469. The molecule has 3 heterocycles. The molecule has 8 nitrogen and oxygen atoms in total. The first-order chi connectivity index (χ1) is 16.4. The Labute approximate surface area is 198 Å². The number of hydrogen-bond acceptors (Lipinski definition) is 5. The minimum atomic E-state index is -0.286. The molecule has 0 saturated carbocycles. The molecule has 1 amide bonds. The molecule has 2 aromatic carbocycles. The van der Waals surface area contributed by atoms with Crippen LogP contribution in [0.1, 0.15) is 17.0 Å². The van der Waals surface area contributed by atoms with Gasteiger partial charge in [0.1, 0.15) is 23.6 Å². The minimum absolute atomic E-state index is 0.0711. The number of hydrogen-bond donors (Lipinski definition) is 0. The van der Waals surface area contributed by atoms with Crippen LogP contribution in [-0.4, -0.2) is 58.3 Å². The number of methoxy groups -OCH3 is 1. The van der Waals surface area contributed by atoms with Gasteiger partial charge >= 0.3 is 0 Å². The van der Waals surface area contributed by atoms with Crippen molar-refractivity contribution in [1.82, 2.24) is 19.1 Å². The lowest BCUT2D eigenvalue weighted by Crippen LogP contribution is -2.50. The van der Waals surface area contributed by atoms with E-state index in [1.165, 1.54) is 21.5 Å². The Morgan fingerprint density at radius 1 is 1.00 bits per heavy atom. The summed E-state index contributed by atoms with van der Waals surface area (Å²) >= 11 is 0. The molecular weight excluding hydrogens is 430 g/mol. The van der Waals surface area contributed by atoms with Crippen molar-refractivity contribution >= 4 is 28.0 Å². The number of piperazine rings is 1. The molecule has 0 N–H and O–H groups in total. The third-order valence-electron chi connectivity index (χ3n) is 6.69. The monoisotopic (exact) mass is 459 g/mol. The van der Waals surface area contributed by atoms with Crippen molar-refractivity contribution in [3.8, 4) is 5.75 Å². The Morgan fingerprint density at radius 3 is 2.50 bits per heavy atom. The van der Waals surface area contributed by atoms with E-state index < -0.39 is 0 Å². The van der Waals surface area contributed by atoms with Gasteiger partial charge in [-0.1, -0.05) is 18.2 Å². The largest absolute Gasteiger partial charge is 0.496 e. The predicted octanol–water partition coefficient (Wildman–Crippen LogP) is 2.93. The fourth-order valence-electron chi connectivity index (χ4n) is 4.88. The molecule has 1 aliphatic rings. The van der Waals surface area contributed by atoms with Crippen molar-refractivity contribution in [3.05, 3.63) is 69.8 Å². The number of anilines is 1. The summed E-state index contributed by atoms with van der Waals surface area (Å²) in [5.74, 6) is 1.25. The number of aromatic nitrogens is 3. The molecule has 34 heavy (non-hydrogen) atoms. The SMILES string of the molecule is COc1cccc2c1cc1c(=O)n(CC(=O)N3CCN(c4cc(C)ccc4C)CC3)nc(C)n12. The number of amides is 1. The molecule has 0 atom stereocenters. The van der Waals surface area contributed by atoms with Gasteiger partial charge in [-0.05, 0) is 56.2 Å². The van der Waals surface area contributed by atoms with Gasteiger partial charge in [0.05, 0.1) is 12.6 Å². The number of benzene rings is 2. The molecule has 0 bridgehead atoms. The van der Waals surface area contributed by atoms with Crippen molar-refractivity contribution < 1.29 is 9.53 Å². The van der Waals surface area contributed by atoms with E-state index in [0.717, 1.165) is 24.0 Å². The first-order valence-corrected chi connectivity index (χ1v) is 11.5. The van der Waals surface area contributed by atoms with Crippen LogP contribution in [0, 0.1) is 20.8 Å². The summed E-state index contributed by atoms with van der Waals surface area (Å²) in [6.45, 7) is 8.75. The molecule has 0 radical (unpaired) electrons. The second-order valence-corrected chi connectivity index (χ2v) is 8.93. The van der Waals surface area contributed by atoms with Gasteiger partial charge in [0, 0.05) is 37.3 Å². The molecule has 1 fully saturated rings. The average Bonchev–Trinajstić information content (AvgIpc) is 3.24. The Hall–Kier alpha value is -3.81. The van der Waals surface area contributed by atoms with E-state index in [0.29, 0.717) is 30.2 Å². The number of nitrogens with zero attached hydrogens (tertiary/aromatic N) is 5. The van der Waals surface area contributed by atoms with Gasteiger partial charge in [0.15, 0.2) is 0 Å². The van der Waals surface area contributed by atoms with Gasteiger partial charge in [-0.2, -0.15) is 5.10 Å². The topological polar surface area (TPSA) is 72.1 Å². The number of ether oxygens (including phenoxy) is 1. The molecule has 4 aromatic rings. The van der Waals surface area contributed by atoms with Gasteiger partial charge in [0.25, 0.3) is 5.56 Å². The van der Waals surface area contributed by atoms with Gasteiger partial charge < -0.3 is 14.5 Å². The van der Waals surface area contributed by atoms with Crippen molar-refractivity contribution in [2.45, 2.75) is 27.3 Å². The molecule has 2 aromatic heterocycles. The zero-order valence-corrected chi connectivity index (χ0v) is 20.0. The van der Waals surface area contributed by atoms with E-state index in [9.17, 15) is 9.59 Å². The summed E-state index contributed by atoms with van der Waals surface area (Å²) in [7, 11) is 1.61. The van der Waals surface area contributed by atoms with E-state index in [2.05, 4.69) is 42.0 Å². The summed E-state index contributed by atoms with van der Waals surface area (Å²) in [6, 6.07) is 14.0. The fraction of sp³-hybridized carbons (Fsp3) is 0.346. The molecule has 1 aliphatic heterocycles. The standard InChI is InChI=1S/C26H29N5O3/c1-17-8-9-18(2)22(14-17)28-10-12-29(13-11-28)25(32)16-30-26(33)23-15-20-21(31(23)19(3)27-30)6-5-7-24(20)34-4/h5-9,14-15H,10-13,16H2,1-4H3. The third-order valence-corrected chi connectivity index (χ3v) is 6.69. The van der Waals surface area contributed by atoms with Crippen LogP contribution in [0.4, 0.5) is 5.69 Å². The molecule has 0 unspecified atom stereocenters. The maximum Gasteiger partial charge on any atom is 0.291 e. The maximum atomic E-state index is 13.2. The van der Waals surface area contributed by atoms with Crippen LogP contribution < -0.4 is 15.2 Å². The van der Waals surface area contributed by atoms with Gasteiger partial charge in [-0.3, -0.25) is 14.0 Å². The second-order valence-electron chi connectivity index (χ2n) is 8.93. The van der Waals surface area contributed by atoms with Crippen LogP contribution >= 0.6 is 0 Å². The number of carbonyl (C=O) groups is 1. The van der Waals surface area contributed by atoms with E-state index in [4.69, 9.17) is 4.74 Å². The molecule has 5 rings (SSSR count). The highest BCUT2D eigenvalue weighted by Crippen LogP contribution is 2.28. The lowest BCUT2D eigenvalue weighted by molar-refractivity contribution is -0.132. The van der Waals surface area contributed by atoms with Crippen LogP contribution in [0.3, 0.4) is 0 Å². The van der Waals surface area contributed by atoms with E-state index in [-0.39, 0.29) is 18.0 Å². The highest BCUT2D eigenvalue weighted by Gasteiger charge is 2.24. The Balaban J connectivity index is 1.37. The van der Waals surface area contributed by atoms with Crippen molar-refractivity contribution in [2.24, 2.45) is 0 Å². The summed E-state index contributed by atoms with van der Waals surface area (Å²) in [5, 5.41) is 5.31. The van der Waals surface area contributed by atoms with Gasteiger partial charge in [-0.25, -0.2) is 4.68 Å². The Morgan fingerprint density at radius 2 is 1.76 bits per heavy atom. The molecule has 8 heteroatoms. The number of aryl methyl sites for hydroxylation is 3. The van der Waals surface area contributed by atoms with Crippen LogP contribution in [0.2, 0.25) is 0 Å². The third kappa shape index (κ3) is 3.69. The zero-order chi connectivity index (χ0) is 24.0. The van der Waals surface area contributed by atoms with Crippen molar-refractivity contribution in [3.63, 3.8) is 0 Å². The highest BCUT2D eigenvalue weighted by atomic mass is 16.5. The van der Waals surface area contributed by atoms with E-state index in [1.807, 2.05) is 40.5 Å². The van der Waals surface area contributed by atoms with E-state index in [1.54, 1.807) is 7.11 Å². The lowest BCUT2D eigenvalue weighted by Gasteiger charge is -2.37. The Bertz CT molecular complexity index is 1460. The second kappa shape index (κ2) is 8.52. The van der Waals surface area contributed by atoms with Gasteiger partial charge in [0.2, 0.25) is 5.91 Å². The van der Waals surface area contributed by atoms with Crippen molar-refractivity contribution in [2.75, 3.05) is 38.2 Å². The van der Waals surface area contributed by atoms with Crippen LogP contribution in [0.25, 0.3) is 16.4 Å². The summed E-state index contributed by atoms with van der Waals surface area (Å²) in [5.41, 5.74) is 4.75. The zero-order valence-electron chi connectivity index (χ0n) is 20.0. The number of rotatable bonds is 4. The predicted molar refractivity (Wildman–Crippen MR) is 133 cm³/mol. The first-order valence-electron chi connectivity index (χ1n) is 11.5. The number of carbonyl (C=O) groups excluding carboxylic acids is 1.